The van der Waals surface area contributed by atoms with E-state index < -0.39 is 0 Å². The Labute approximate surface area is 210 Å². The first-order chi connectivity index (χ1) is 17.8. The summed E-state index contributed by atoms with van der Waals surface area (Å²) in [4.78, 5) is 2.41. The van der Waals surface area contributed by atoms with Gasteiger partial charge in [-0.2, -0.15) is 0 Å². The summed E-state index contributed by atoms with van der Waals surface area (Å²) < 4.78 is 0. The van der Waals surface area contributed by atoms with Gasteiger partial charge in [0.05, 0.1) is 5.69 Å². The molecule has 0 saturated heterocycles. The molecule has 7 rings (SSSR count). The monoisotopic (exact) mass is 459 g/mol. The van der Waals surface area contributed by atoms with Crippen LogP contribution >= 0.6 is 0 Å². The van der Waals surface area contributed by atoms with Crippen LogP contribution in [0.3, 0.4) is 0 Å². The maximum Gasteiger partial charge on any atom is 0.0546 e. The molecule has 0 amide bonds. The van der Waals surface area contributed by atoms with Gasteiger partial charge in [0.25, 0.3) is 0 Å². The predicted octanol–water partition coefficient (Wildman–Crippen LogP) is 10.1. The Morgan fingerprint density at radius 3 is 1.86 bits per heavy atom. The number of aryl methyl sites for hydroxylation is 1. The Morgan fingerprint density at radius 2 is 1.03 bits per heavy atom. The molecule has 0 bridgehead atoms. The molecule has 0 unspecified atom stereocenters. The number of benzene rings is 7. The van der Waals surface area contributed by atoms with Crippen molar-refractivity contribution >= 4 is 60.2 Å². The van der Waals surface area contributed by atoms with E-state index in [1.165, 1.54) is 54.3 Å². The summed E-state index contributed by atoms with van der Waals surface area (Å²) in [5.41, 5.74) is 4.75. The highest BCUT2D eigenvalue weighted by atomic mass is 15.1. The van der Waals surface area contributed by atoms with Crippen LogP contribution in [0.4, 0.5) is 17.1 Å². The second kappa shape index (κ2) is 8.25. The lowest BCUT2D eigenvalue weighted by atomic mass is 9.98. The number of nitrogens with zero attached hydrogens (tertiary/aromatic N) is 1. The van der Waals surface area contributed by atoms with Gasteiger partial charge < -0.3 is 4.90 Å². The van der Waals surface area contributed by atoms with Gasteiger partial charge >= 0.3 is 0 Å². The molecule has 36 heavy (non-hydrogen) atoms. The molecular formula is C35H25N. The minimum absolute atomic E-state index is 1.16. The number of hydrogen-bond acceptors (Lipinski definition) is 1. The van der Waals surface area contributed by atoms with E-state index in [9.17, 15) is 0 Å². The minimum Gasteiger partial charge on any atom is -0.310 e. The third-order valence-corrected chi connectivity index (χ3v) is 7.23. The largest absolute Gasteiger partial charge is 0.310 e. The molecule has 1 nitrogen and oxygen atoms in total. The van der Waals surface area contributed by atoms with E-state index in [1.807, 2.05) is 0 Å². The second-order valence-electron chi connectivity index (χ2n) is 9.53. The first-order valence-electron chi connectivity index (χ1n) is 12.5. The Hall–Kier alpha value is -4.62. The van der Waals surface area contributed by atoms with E-state index in [0.717, 1.165) is 11.4 Å². The van der Waals surface area contributed by atoms with E-state index in [2.05, 4.69) is 145 Å². The van der Waals surface area contributed by atoms with E-state index in [4.69, 9.17) is 0 Å². The molecule has 7 aromatic rings. The highest BCUT2D eigenvalue weighted by Gasteiger charge is 2.17. The van der Waals surface area contributed by atoms with Gasteiger partial charge in [-0.3, -0.25) is 0 Å². The van der Waals surface area contributed by atoms with Crippen LogP contribution in [0, 0.1) is 6.92 Å². The molecule has 0 heterocycles. The van der Waals surface area contributed by atoms with Crippen molar-refractivity contribution < 1.29 is 0 Å². The van der Waals surface area contributed by atoms with Crippen LogP contribution in [-0.4, -0.2) is 0 Å². The van der Waals surface area contributed by atoms with Crippen molar-refractivity contribution in [2.24, 2.45) is 0 Å². The molecule has 170 valence electrons. The van der Waals surface area contributed by atoms with Crippen LogP contribution < -0.4 is 4.90 Å². The van der Waals surface area contributed by atoms with E-state index in [1.54, 1.807) is 0 Å². The van der Waals surface area contributed by atoms with Crippen LogP contribution in [-0.2, 0) is 0 Å². The van der Waals surface area contributed by atoms with Gasteiger partial charge in [0.1, 0.15) is 0 Å². The molecule has 0 spiro atoms. The lowest BCUT2D eigenvalue weighted by Gasteiger charge is -2.28. The zero-order chi connectivity index (χ0) is 24.1. The first kappa shape index (κ1) is 20.7. The summed E-state index contributed by atoms with van der Waals surface area (Å²) >= 11 is 0. The van der Waals surface area contributed by atoms with E-state index >= 15 is 0 Å². The van der Waals surface area contributed by atoms with Gasteiger partial charge in [0.15, 0.2) is 0 Å². The molecule has 0 aromatic heterocycles. The summed E-state index contributed by atoms with van der Waals surface area (Å²) in [6.45, 7) is 2.16. The Bertz CT molecular complexity index is 1910. The first-order valence-corrected chi connectivity index (χ1v) is 12.5. The topological polar surface area (TPSA) is 3.24 Å². The van der Waals surface area contributed by atoms with Gasteiger partial charge in [-0.1, -0.05) is 103 Å². The molecule has 0 atom stereocenters. The van der Waals surface area contributed by atoms with Crippen molar-refractivity contribution in [1.82, 2.24) is 0 Å². The lowest BCUT2D eigenvalue weighted by molar-refractivity contribution is 1.29. The van der Waals surface area contributed by atoms with Gasteiger partial charge in [-0.15, -0.1) is 0 Å². The average Bonchev–Trinajstić information content (AvgIpc) is 2.93. The van der Waals surface area contributed by atoms with Crippen molar-refractivity contribution in [2.45, 2.75) is 6.92 Å². The number of hydrogen-bond donors (Lipinski definition) is 0. The fourth-order valence-electron chi connectivity index (χ4n) is 5.56. The normalized spacial score (nSPS) is 11.5. The lowest BCUT2D eigenvalue weighted by Crippen LogP contribution is -2.10. The van der Waals surface area contributed by atoms with Crippen LogP contribution in [0.25, 0.3) is 43.1 Å². The van der Waals surface area contributed by atoms with Crippen LogP contribution in [0.2, 0.25) is 0 Å². The average molecular weight is 460 g/mol. The van der Waals surface area contributed by atoms with Crippen LogP contribution in [0.15, 0.2) is 133 Å². The second-order valence-corrected chi connectivity index (χ2v) is 9.53. The summed E-state index contributed by atoms with van der Waals surface area (Å²) in [5, 5.41) is 10.1. The molecular weight excluding hydrogens is 434 g/mol. The molecule has 1 heteroatoms. The zero-order valence-electron chi connectivity index (χ0n) is 20.1. The van der Waals surface area contributed by atoms with Gasteiger partial charge in [-0.05, 0) is 80.5 Å². The predicted molar refractivity (Wildman–Crippen MR) is 156 cm³/mol. The molecule has 0 aliphatic carbocycles. The standard InChI is InChI=1S/C35H25N/c1-24-8-6-12-29(22-24)36(30-20-21-32-28(23-30)19-17-25-9-2-4-13-31(25)32)34-15-7-11-27-18-16-26-10-3-5-14-33(26)35(27)34/h2-23H,1H3. The summed E-state index contributed by atoms with van der Waals surface area (Å²) in [5.74, 6) is 0. The maximum absolute atomic E-state index is 2.41. The highest BCUT2D eigenvalue weighted by molar-refractivity contribution is 6.15. The Morgan fingerprint density at radius 1 is 0.417 bits per heavy atom. The molecule has 0 aliphatic rings. The fourth-order valence-corrected chi connectivity index (χ4v) is 5.56. The van der Waals surface area contributed by atoms with Crippen molar-refractivity contribution in [3.63, 3.8) is 0 Å². The number of fused-ring (bicyclic) bond motifs is 6. The zero-order valence-corrected chi connectivity index (χ0v) is 20.1. The maximum atomic E-state index is 2.41. The molecule has 0 radical (unpaired) electrons. The van der Waals surface area contributed by atoms with Gasteiger partial charge in [0.2, 0.25) is 0 Å². The third kappa shape index (κ3) is 3.32. The molecule has 0 saturated carbocycles. The fraction of sp³-hybridized carbons (Fsp3) is 0.0286. The van der Waals surface area contributed by atoms with Crippen molar-refractivity contribution in [1.29, 1.82) is 0 Å². The van der Waals surface area contributed by atoms with Crippen LogP contribution in [0.1, 0.15) is 5.56 Å². The minimum atomic E-state index is 1.16. The van der Waals surface area contributed by atoms with Crippen molar-refractivity contribution in [2.75, 3.05) is 4.90 Å². The molecule has 0 fully saturated rings. The quantitative estimate of drug-likeness (QED) is 0.238. The SMILES string of the molecule is Cc1cccc(N(c2ccc3c(ccc4ccccc43)c2)c2cccc3ccc4ccccc4c23)c1. The smallest absolute Gasteiger partial charge is 0.0546 e. The van der Waals surface area contributed by atoms with E-state index in [0.29, 0.717) is 0 Å². The highest BCUT2D eigenvalue weighted by Crippen LogP contribution is 2.42. The summed E-state index contributed by atoms with van der Waals surface area (Å²) in [6, 6.07) is 48.5. The molecule has 7 aromatic carbocycles. The molecule has 0 N–H and O–H groups in total. The Kier molecular flexibility index (Phi) is 4.75. The van der Waals surface area contributed by atoms with Crippen molar-refractivity contribution in [3.05, 3.63) is 139 Å². The molecule has 0 aliphatic heterocycles. The Balaban J connectivity index is 1.54. The number of rotatable bonds is 3. The van der Waals surface area contributed by atoms with Gasteiger partial charge in [-0.25, -0.2) is 0 Å². The van der Waals surface area contributed by atoms with Gasteiger partial charge in [0, 0.05) is 16.8 Å². The summed E-state index contributed by atoms with van der Waals surface area (Å²) in [7, 11) is 0. The third-order valence-electron chi connectivity index (χ3n) is 7.23. The number of anilines is 3. The summed E-state index contributed by atoms with van der Waals surface area (Å²) in [6.07, 6.45) is 0. The van der Waals surface area contributed by atoms with E-state index in [-0.39, 0.29) is 0 Å². The van der Waals surface area contributed by atoms with Crippen LogP contribution in [0.5, 0.6) is 0 Å². The van der Waals surface area contributed by atoms with Crippen molar-refractivity contribution in [3.8, 4) is 0 Å².